The summed E-state index contributed by atoms with van der Waals surface area (Å²) in [6.45, 7) is 0. The molecule has 0 radical (unpaired) electrons. The molecule has 3 aliphatic rings. The number of carbonyl (C=O) groups excluding carboxylic acids is 2. The maximum atomic E-state index is 12.0. The molecule has 4 unspecified atom stereocenters. The summed E-state index contributed by atoms with van der Waals surface area (Å²) in [5.74, 6) is -0.816. The maximum Gasteiger partial charge on any atom is 1.00 e. The minimum absolute atomic E-state index is 0. The zero-order valence-corrected chi connectivity index (χ0v) is 30.6. The normalized spacial score (nSPS) is 17.5. The summed E-state index contributed by atoms with van der Waals surface area (Å²) in [5, 5.41) is 47.8. The van der Waals surface area contributed by atoms with E-state index in [1.807, 2.05) is 97.1 Å². The predicted molar refractivity (Wildman–Crippen MR) is 177 cm³/mol. The third-order valence-electron chi connectivity index (χ3n) is 9.04. The van der Waals surface area contributed by atoms with Gasteiger partial charge >= 0.3 is 94.3 Å². The third kappa shape index (κ3) is 8.98. The number of Topliss-reactive ketones (excluding diaryl/α,β-unsaturated/α-hetero) is 2. The molecule has 0 bridgehead atoms. The number of fused-ring (bicyclic) bond motifs is 9. The van der Waals surface area contributed by atoms with Gasteiger partial charge in [-0.25, -0.2) is 0 Å². The van der Waals surface area contributed by atoms with E-state index in [-0.39, 0.29) is 97.2 Å². The second-order valence-electron chi connectivity index (χ2n) is 11.8. The van der Waals surface area contributed by atoms with Crippen LogP contribution >= 0.6 is 0 Å². The van der Waals surface area contributed by atoms with Crippen LogP contribution in [0.25, 0.3) is 33.4 Å². The fourth-order valence-corrected chi connectivity index (χ4v) is 6.69. The van der Waals surface area contributed by atoms with Gasteiger partial charge in [-0.3, -0.25) is 9.59 Å². The van der Waals surface area contributed by atoms with Crippen LogP contribution in [0.1, 0.15) is 70.2 Å². The van der Waals surface area contributed by atoms with E-state index in [9.17, 15) is 30.0 Å². The average Bonchev–Trinajstić information content (AvgIpc) is 3.15. The molecule has 0 heterocycles. The van der Waals surface area contributed by atoms with Crippen molar-refractivity contribution in [3.63, 3.8) is 0 Å². The molecule has 0 amide bonds. The van der Waals surface area contributed by atoms with Crippen LogP contribution in [0.3, 0.4) is 0 Å². The molecule has 240 valence electrons. The van der Waals surface area contributed by atoms with Gasteiger partial charge in [0.15, 0.2) is 0 Å². The SMILES string of the molecule is O=C1C(=O)c2ccccc2-c2ccccc21.[H-].[H-].[Li+].[Li+].[Li+].[Li+].[Li+].[O-]C1c2ccccc2-c2ccccc2C1[O-].[O-]C1c2ccccc2-c2ccccc2C1[O-]. The standard InChI is InChI=1S/2C14H10O2.C14H8O2.5Li.2H/c3*15-13-11-7-3-1-5-9(11)10-6-2-4-8-12(10)14(13)16;;;;;;;/h2*1-8,13-14H;1-8H;;;;;;;/q2*-2;;5*+1;2*-1. The molecule has 0 saturated carbocycles. The van der Waals surface area contributed by atoms with E-state index in [0.29, 0.717) is 33.4 Å². The molecule has 0 aromatic heterocycles. The Hall–Kier alpha value is -2.51. The summed E-state index contributed by atoms with van der Waals surface area (Å²) in [6, 6.07) is 43.9. The summed E-state index contributed by atoms with van der Waals surface area (Å²) in [7, 11) is 0. The summed E-state index contributed by atoms with van der Waals surface area (Å²) in [5.41, 5.74) is 8.85. The summed E-state index contributed by atoms with van der Waals surface area (Å²) in [4.78, 5) is 23.7. The topological polar surface area (TPSA) is 126 Å². The minimum Gasteiger partial charge on any atom is -1.00 e. The fraction of sp³-hybridized carbons (Fsp3) is 0.0952. The van der Waals surface area contributed by atoms with Crippen molar-refractivity contribution in [2.24, 2.45) is 0 Å². The number of carbonyl (C=O) groups is 2. The van der Waals surface area contributed by atoms with Gasteiger partial charge in [0.1, 0.15) is 0 Å². The first-order valence-corrected chi connectivity index (χ1v) is 15.6. The molecule has 6 aromatic carbocycles. The molecular formula is C42H30Li5O6-. The van der Waals surface area contributed by atoms with Crippen LogP contribution in [-0.4, -0.2) is 11.6 Å². The Morgan fingerprint density at radius 3 is 0.679 bits per heavy atom. The quantitative estimate of drug-likeness (QED) is 0.117. The molecule has 0 N–H and O–H groups in total. The van der Waals surface area contributed by atoms with Crippen LogP contribution in [0.4, 0.5) is 0 Å². The van der Waals surface area contributed by atoms with Crippen molar-refractivity contribution in [1.29, 1.82) is 0 Å². The van der Waals surface area contributed by atoms with Crippen molar-refractivity contribution < 1.29 is 127 Å². The van der Waals surface area contributed by atoms with Crippen molar-refractivity contribution in [2.75, 3.05) is 0 Å². The van der Waals surface area contributed by atoms with Crippen LogP contribution in [0.5, 0.6) is 0 Å². The van der Waals surface area contributed by atoms with Crippen LogP contribution in [0, 0.1) is 0 Å². The first-order valence-electron chi connectivity index (χ1n) is 15.6. The Kier molecular flexibility index (Phi) is 18.0. The third-order valence-corrected chi connectivity index (χ3v) is 9.04. The number of rotatable bonds is 0. The summed E-state index contributed by atoms with van der Waals surface area (Å²) in [6.07, 6.45) is -4.76. The molecule has 0 fully saturated rings. The second kappa shape index (κ2) is 20.4. The van der Waals surface area contributed by atoms with Crippen molar-refractivity contribution in [3.05, 3.63) is 179 Å². The average molecular weight is 665 g/mol. The van der Waals surface area contributed by atoms with Crippen molar-refractivity contribution in [1.82, 2.24) is 0 Å². The molecule has 0 saturated heterocycles. The van der Waals surface area contributed by atoms with Crippen molar-refractivity contribution in [2.45, 2.75) is 24.4 Å². The Labute approximate surface area is 372 Å². The zero-order valence-electron chi connectivity index (χ0n) is 32.6. The smallest absolute Gasteiger partial charge is 1.00 e. The van der Waals surface area contributed by atoms with Crippen LogP contribution in [0.15, 0.2) is 146 Å². The Morgan fingerprint density at radius 2 is 0.453 bits per heavy atom. The first kappa shape index (κ1) is 46.6. The van der Waals surface area contributed by atoms with Gasteiger partial charge in [0.05, 0.1) is 0 Å². The van der Waals surface area contributed by atoms with Gasteiger partial charge in [-0.2, -0.15) is 0 Å². The van der Waals surface area contributed by atoms with Crippen LogP contribution in [0.2, 0.25) is 0 Å². The summed E-state index contributed by atoms with van der Waals surface area (Å²) < 4.78 is 0. The van der Waals surface area contributed by atoms with Gasteiger partial charge in [-0.15, -0.1) is 24.4 Å². The molecule has 3 aliphatic carbocycles. The molecule has 0 aliphatic heterocycles. The maximum absolute atomic E-state index is 12.0. The molecular weight excluding hydrogens is 635 g/mol. The monoisotopic (exact) mass is 665 g/mol. The van der Waals surface area contributed by atoms with E-state index >= 15 is 0 Å². The van der Waals surface area contributed by atoms with E-state index in [1.54, 1.807) is 48.5 Å². The van der Waals surface area contributed by atoms with Gasteiger partial charge in [-0.05, 0) is 33.4 Å². The molecule has 6 aromatic rings. The Morgan fingerprint density at radius 1 is 0.283 bits per heavy atom. The minimum atomic E-state index is -1.19. The Bertz CT molecular complexity index is 1950. The second-order valence-corrected chi connectivity index (χ2v) is 11.8. The molecule has 6 nitrogen and oxygen atoms in total. The molecule has 11 heteroatoms. The van der Waals surface area contributed by atoms with Crippen molar-refractivity contribution >= 4 is 11.6 Å². The van der Waals surface area contributed by atoms with E-state index in [1.165, 1.54) is 0 Å². The van der Waals surface area contributed by atoms with Gasteiger partial charge in [-0.1, -0.05) is 168 Å². The van der Waals surface area contributed by atoms with E-state index < -0.39 is 36.0 Å². The fourth-order valence-electron chi connectivity index (χ4n) is 6.69. The largest absolute Gasteiger partial charge is 1.00 e. The van der Waals surface area contributed by atoms with Crippen molar-refractivity contribution in [3.8, 4) is 33.4 Å². The Balaban J connectivity index is 0.000000748. The number of hydrogen-bond donors (Lipinski definition) is 0. The van der Waals surface area contributed by atoms with Crippen LogP contribution < -0.4 is 115 Å². The van der Waals surface area contributed by atoms with Crippen LogP contribution in [-0.2, 0) is 0 Å². The predicted octanol–water partition coefficient (Wildman–Crippen LogP) is -9.68. The number of hydrogen-bond acceptors (Lipinski definition) is 6. The summed E-state index contributed by atoms with van der Waals surface area (Å²) >= 11 is 0. The van der Waals surface area contributed by atoms with Gasteiger partial charge in [0.2, 0.25) is 11.6 Å². The number of benzene rings is 6. The molecule has 9 rings (SSSR count). The van der Waals surface area contributed by atoms with Gasteiger partial charge in [0, 0.05) is 11.1 Å². The van der Waals surface area contributed by atoms with E-state index in [4.69, 9.17) is 0 Å². The molecule has 53 heavy (non-hydrogen) atoms. The zero-order chi connectivity index (χ0) is 33.4. The molecule has 0 spiro atoms. The number of ketones is 2. The van der Waals surface area contributed by atoms with Gasteiger partial charge < -0.3 is 23.3 Å². The first-order chi connectivity index (χ1) is 23.4. The molecule has 4 atom stereocenters. The van der Waals surface area contributed by atoms with E-state index in [2.05, 4.69) is 0 Å². The van der Waals surface area contributed by atoms with E-state index in [0.717, 1.165) is 33.4 Å². The van der Waals surface area contributed by atoms with Gasteiger partial charge in [0.25, 0.3) is 0 Å².